The second kappa shape index (κ2) is 5.23. The summed E-state index contributed by atoms with van der Waals surface area (Å²) in [5.41, 5.74) is 0. The SMILES string of the molecule is CC(C)(Sc1ccc(Br)cc1)C(=O)N1CC(O)C1. The van der Waals surface area contributed by atoms with Crippen molar-refractivity contribution in [1.29, 1.82) is 0 Å². The molecule has 1 heterocycles. The van der Waals surface area contributed by atoms with Crippen LogP contribution in [0.4, 0.5) is 0 Å². The number of nitrogens with zero attached hydrogens (tertiary/aromatic N) is 1. The van der Waals surface area contributed by atoms with E-state index in [0.29, 0.717) is 13.1 Å². The third kappa shape index (κ3) is 3.08. The van der Waals surface area contributed by atoms with Crippen LogP contribution < -0.4 is 0 Å². The quantitative estimate of drug-likeness (QED) is 0.866. The molecule has 0 bridgehead atoms. The lowest BCUT2D eigenvalue weighted by atomic mass is 10.1. The Bertz CT molecular complexity index is 441. The molecule has 0 saturated carbocycles. The Morgan fingerprint density at radius 1 is 1.39 bits per heavy atom. The Kier molecular flexibility index (Phi) is 4.04. The molecule has 18 heavy (non-hydrogen) atoms. The van der Waals surface area contributed by atoms with E-state index in [2.05, 4.69) is 15.9 Å². The molecule has 98 valence electrons. The Morgan fingerprint density at radius 3 is 2.44 bits per heavy atom. The molecule has 1 aromatic rings. The van der Waals surface area contributed by atoms with E-state index in [0.717, 1.165) is 9.37 Å². The van der Waals surface area contributed by atoms with Gasteiger partial charge in [0.15, 0.2) is 0 Å². The molecule has 0 aromatic heterocycles. The van der Waals surface area contributed by atoms with E-state index in [4.69, 9.17) is 0 Å². The fourth-order valence-corrected chi connectivity index (χ4v) is 3.19. The highest BCUT2D eigenvalue weighted by Gasteiger charge is 2.38. The molecule has 1 aliphatic heterocycles. The monoisotopic (exact) mass is 329 g/mol. The fraction of sp³-hybridized carbons (Fsp3) is 0.462. The van der Waals surface area contributed by atoms with E-state index < -0.39 is 4.75 Å². The molecule has 5 heteroatoms. The van der Waals surface area contributed by atoms with Gasteiger partial charge in [0.05, 0.1) is 10.9 Å². The molecule has 1 aliphatic rings. The number of β-amino-alcohol motifs (C(OH)–C–C–N with tert-alkyl or cyclic N) is 1. The Labute approximate surface area is 120 Å². The second-order valence-electron chi connectivity index (χ2n) is 4.93. The van der Waals surface area contributed by atoms with Crippen LogP contribution in [0.15, 0.2) is 33.6 Å². The number of rotatable bonds is 3. The Morgan fingerprint density at radius 2 is 1.94 bits per heavy atom. The number of carbonyl (C=O) groups excluding carboxylic acids is 1. The van der Waals surface area contributed by atoms with Crippen LogP contribution in [0.5, 0.6) is 0 Å². The molecule has 0 radical (unpaired) electrons. The summed E-state index contributed by atoms with van der Waals surface area (Å²) in [6.45, 7) is 4.77. The normalized spacial score (nSPS) is 16.6. The lowest BCUT2D eigenvalue weighted by Crippen LogP contribution is -2.58. The zero-order chi connectivity index (χ0) is 13.3. The maximum absolute atomic E-state index is 12.2. The van der Waals surface area contributed by atoms with Gasteiger partial charge in [-0.1, -0.05) is 15.9 Å². The minimum atomic E-state index is -0.506. The first kappa shape index (κ1) is 13.9. The molecule has 1 fully saturated rings. The summed E-state index contributed by atoms with van der Waals surface area (Å²) in [6, 6.07) is 7.93. The predicted octanol–water partition coefficient (Wildman–Crippen LogP) is 2.52. The summed E-state index contributed by atoms with van der Waals surface area (Å²) in [5.74, 6) is 0.0840. The van der Waals surface area contributed by atoms with Crippen LogP contribution in [0.25, 0.3) is 0 Å². The number of aliphatic hydroxyl groups excluding tert-OH is 1. The molecule has 1 N–H and O–H groups in total. The minimum absolute atomic E-state index is 0.0840. The average molecular weight is 330 g/mol. The summed E-state index contributed by atoms with van der Waals surface area (Å²) in [7, 11) is 0. The van der Waals surface area contributed by atoms with Crippen LogP contribution in [-0.4, -0.2) is 39.9 Å². The average Bonchev–Trinajstić information content (AvgIpc) is 2.27. The molecule has 0 atom stereocenters. The Balaban J connectivity index is 2.02. The van der Waals surface area contributed by atoms with E-state index in [1.807, 2.05) is 38.1 Å². The number of halogens is 1. The van der Waals surface area contributed by atoms with E-state index >= 15 is 0 Å². The van der Waals surface area contributed by atoms with Gasteiger partial charge in [0.25, 0.3) is 0 Å². The summed E-state index contributed by atoms with van der Waals surface area (Å²) >= 11 is 4.94. The zero-order valence-electron chi connectivity index (χ0n) is 10.4. The van der Waals surface area contributed by atoms with E-state index in [9.17, 15) is 9.90 Å². The van der Waals surface area contributed by atoms with Crippen molar-refractivity contribution in [1.82, 2.24) is 4.90 Å². The van der Waals surface area contributed by atoms with E-state index in [-0.39, 0.29) is 12.0 Å². The summed E-state index contributed by atoms with van der Waals surface area (Å²) in [4.78, 5) is 15.0. The predicted molar refractivity (Wildman–Crippen MR) is 76.7 cm³/mol. The molecule has 1 aromatic carbocycles. The van der Waals surface area contributed by atoms with Crippen LogP contribution in [0.1, 0.15) is 13.8 Å². The molecular weight excluding hydrogens is 314 g/mol. The standard InChI is InChI=1S/C13H16BrNO2S/c1-13(2,12(17)15-7-10(16)8-15)18-11-5-3-9(14)4-6-11/h3-6,10,16H,7-8H2,1-2H3. The maximum Gasteiger partial charge on any atom is 0.238 e. The van der Waals surface area contributed by atoms with Crippen molar-refractivity contribution in [3.8, 4) is 0 Å². The summed E-state index contributed by atoms with van der Waals surface area (Å²) in [6.07, 6.45) is -0.345. The van der Waals surface area contributed by atoms with Gasteiger partial charge in [0.2, 0.25) is 5.91 Å². The van der Waals surface area contributed by atoms with Gasteiger partial charge in [-0.15, -0.1) is 11.8 Å². The van der Waals surface area contributed by atoms with Crippen molar-refractivity contribution in [2.75, 3.05) is 13.1 Å². The molecule has 0 unspecified atom stereocenters. The lowest BCUT2D eigenvalue weighted by Gasteiger charge is -2.40. The van der Waals surface area contributed by atoms with Crippen LogP contribution in [0, 0.1) is 0 Å². The van der Waals surface area contributed by atoms with Gasteiger partial charge in [-0.25, -0.2) is 0 Å². The highest BCUT2D eigenvalue weighted by molar-refractivity contribution is 9.10. The molecular formula is C13H16BrNO2S. The lowest BCUT2D eigenvalue weighted by molar-refractivity contribution is -0.143. The summed E-state index contributed by atoms with van der Waals surface area (Å²) < 4.78 is 0.524. The molecule has 1 amide bonds. The van der Waals surface area contributed by atoms with Crippen LogP contribution in [-0.2, 0) is 4.79 Å². The minimum Gasteiger partial charge on any atom is -0.389 e. The number of hydrogen-bond donors (Lipinski definition) is 1. The number of likely N-dealkylation sites (tertiary alicyclic amines) is 1. The zero-order valence-corrected chi connectivity index (χ0v) is 12.8. The number of carbonyl (C=O) groups is 1. The third-order valence-electron chi connectivity index (χ3n) is 2.85. The van der Waals surface area contributed by atoms with Crippen LogP contribution in [0.3, 0.4) is 0 Å². The molecule has 1 saturated heterocycles. The molecule has 0 spiro atoms. The van der Waals surface area contributed by atoms with Crippen molar-refractivity contribution in [3.05, 3.63) is 28.7 Å². The van der Waals surface area contributed by atoms with Crippen molar-refractivity contribution in [2.24, 2.45) is 0 Å². The smallest absolute Gasteiger partial charge is 0.238 e. The van der Waals surface area contributed by atoms with Gasteiger partial charge >= 0.3 is 0 Å². The second-order valence-corrected chi connectivity index (χ2v) is 7.54. The highest BCUT2D eigenvalue weighted by Crippen LogP contribution is 2.35. The van der Waals surface area contributed by atoms with Gasteiger partial charge in [-0.05, 0) is 38.1 Å². The van der Waals surface area contributed by atoms with Crippen LogP contribution >= 0.6 is 27.7 Å². The number of aliphatic hydroxyl groups is 1. The van der Waals surface area contributed by atoms with Gasteiger partial charge in [0, 0.05) is 22.5 Å². The van der Waals surface area contributed by atoms with Crippen molar-refractivity contribution in [2.45, 2.75) is 29.6 Å². The molecule has 3 nitrogen and oxygen atoms in total. The first-order valence-electron chi connectivity index (χ1n) is 5.80. The number of benzene rings is 1. The highest BCUT2D eigenvalue weighted by atomic mass is 79.9. The third-order valence-corrected chi connectivity index (χ3v) is 4.57. The molecule has 0 aliphatic carbocycles. The summed E-state index contributed by atoms with van der Waals surface area (Å²) in [5, 5.41) is 9.25. The fourth-order valence-electron chi connectivity index (χ4n) is 1.84. The number of thioether (sulfide) groups is 1. The van der Waals surface area contributed by atoms with Gasteiger partial charge in [0.1, 0.15) is 0 Å². The largest absolute Gasteiger partial charge is 0.389 e. The van der Waals surface area contributed by atoms with Gasteiger partial charge < -0.3 is 10.0 Å². The van der Waals surface area contributed by atoms with Crippen molar-refractivity contribution >= 4 is 33.6 Å². The van der Waals surface area contributed by atoms with Gasteiger partial charge in [-0.2, -0.15) is 0 Å². The first-order chi connectivity index (χ1) is 8.38. The van der Waals surface area contributed by atoms with E-state index in [1.54, 1.807) is 16.7 Å². The van der Waals surface area contributed by atoms with Gasteiger partial charge in [-0.3, -0.25) is 4.79 Å². The maximum atomic E-state index is 12.2. The molecule has 2 rings (SSSR count). The topological polar surface area (TPSA) is 40.5 Å². The van der Waals surface area contributed by atoms with Crippen molar-refractivity contribution < 1.29 is 9.90 Å². The van der Waals surface area contributed by atoms with E-state index in [1.165, 1.54) is 0 Å². The Hall–Kier alpha value is -0.520. The first-order valence-corrected chi connectivity index (χ1v) is 7.41. The number of amides is 1. The van der Waals surface area contributed by atoms with Crippen molar-refractivity contribution in [3.63, 3.8) is 0 Å². The number of hydrogen-bond acceptors (Lipinski definition) is 3. The van der Waals surface area contributed by atoms with Crippen LogP contribution in [0.2, 0.25) is 0 Å².